The molecule has 3 heteroatoms. The summed E-state index contributed by atoms with van der Waals surface area (Å²) in [5.41, 5.74) is 1.05. The Balaban J connectivity index is 0.000000720. The van der Waals surface area contributed by atoms with Crippen LogP contribution in [0.1, 0.15) is 5.56 Å². The Bertz CT molecular complexity index is 297. The zero-order valence-corrected chi connectivity index (χ0v) is 7.54. The molecule has 0 aromatic heterocycles. The van der Waals surface area contributed by atoms with E-state index in [-0.39, 0.29) is 13.5 Å². The summed E-state index contributed by atoms with van der Waals surface area (Å²) in [5.74, 6) is 1.62. The van der Waals surface area contributed by atoms with Gasteiger partial charge in [0.1, 0.15) is 0 Å². The molecule has 2 rings (SSSR count). The first kappa shape index (κ1) is 9.00. The third-order valence-electron chi connectivity index (χ3n) is 1.63. The molecule has 0 saturated carbocycles. The maximum Gasteiger partial charge on any atom is 0.231 e. The molecule has 0 saturated heterocycles. The van der Waals surface area contributed by atoms with Crippen molar-refractivity contribution in [2.75, 3.05) is 6.79 Å². The molecule has 64 valence electrons. The van der Waals surface area contributed by atoms with Crippen LogP contribution in [-0.2, 0) is 0 Å². The summed E-state index contributed by atoms with van der Waals surface area (Å²) in [4.78, 5) is 0. The molecule has 0 bridgehead atoms. The quantitative estimate of drug-likeness (QED) is 0.662. The van der Waals surface area contributed by atoms with Crippen LogP contribution in [-0.4, -0.2) is 6.79 Å². The molecule has 0 unspecified atom stereocenters. The average molecular weight is 182 g/mol. The predicted octanol–water partition coefficient (Wildman–Crippen LogP) is 2.17. The molecule has 0 radical (unpaired) electrons. The lowest BCUT2D eigenvalue weighted by Gasteiger charge is -1.95. The van der Waals surface area contributed by atoms with Crippen molar-refractivity contribution in [2.45, 2.75) is 0 Å². The summed E-state index contributed by atoms with van der Waals surface area (Å²) < 4.78 is 10.3. The normalized spacial score (nSPS) is 12.0. The Labute approximate surface area is 78.3 Å². The molecule has 1 aromatic carbocycles. The molecule has 1 aromatic rings. The molecule has 0 spiro atoms. The monoisotopic (exact) mass is 182 g/mol. The molecule has 0 aliphatic carbocycles. The zero-order chi connectivity index (χ0) is 7.68. The molecular weight excluding hydrogens is 172 g/mol. The lowest BCUT2D eigenvalue weighted by Crippen LogP contribution is -1.92. The van der Waals surface area contributed by atoms with Crippen LogP contribution in [0, 0.1) is 0 Å². The first-order valence-electron chi connectivity index (χ1n) is 3.42. The van der Waals surface area contributed by atoms with Crippen molar-refractivity contribution in [1.82, 2.24) is 0 Å². The predicted molar refractivity (Wildman–Crippen MR) is 53.0 cm³/mol. The summed E-state index contributed by atoms with van der Waals surface area (Å²) in [7, 11) is 0. The fourth-order valence-corrected chi connectivity index (χ4v) is 1.04. The summed E-state index contributed by atoms with van der Waals surface area (Å²) in [6.45, 7) is 3.99. The SMILES string of the molecule is C=Cc1ccc2c(c1)OCO2.S. The minimum absolute atomic E-state index is 0. The Morgan fingerprint density at radius 3 is 2.75 bits per heavy atom. The van der Waals surface area contributed by atoms with Gasteiger partial charge in [0.2, 0.25) is 6.79 Å². The number of benzene rings is 1. The molecular formula is C9H10O2S. The van der Waals surface area contributed by atoms with Crippen LogP contribution in [0.4, 0.5) is 0 Å². The van der Waals surface area contributed by atoms with Crippen molar-refractivity contribution in [3.8, 4) is 11.5 Å². The molecule has 1 heterocycles. The summed E-state index contributed by atoms with van der Waals surface area (Å²) in [5, 5.41) is 0. The fourth-order valence-electron chi connectivity index (χ4n) is 1.04. The lowest BCUT2D eigenvalue weighted by molar-refractivity contribution is 0.174. The van der Waals surface area contributed by atoms with E-state index < -0.39 is 0 Å². The van der Waals surface area contributed by atoms with Gasteiger partial charge in [-0.15, -0.1) is 0 Å². The second-order valence-electron chi connectivity index (χ2n) is 2.32. The van der Waals surface area contributed by atoms with Gasteiger partial charge >= 0.3 is 0 Å². The topological polar surface area (TPSA) is 18.5 Å². The summed E-state index contributed by atoms with van der Waals surface area (Å²) in [6.07, 6.45) is 1.78. The van der Waals surface area contributed by atoms with Crippen molar-refractivity contribution in [2.24, 2.45) is 0 Å². The Morgan fingerprint density at radius 1 is 1.25 bits per heavy atom. The Kier molecular flexibility index (Phi) is 2.65. The van der Waals surface area contributed by atoms with Gasteiger partial charge in [0.25, 0.3) is 0 Å². The molecule has 0 fully saturated rings. The van der Waals surface area contributed by atoms with Crippen molar-refractivity contribution in [3.05, 3.63) is 30.3 Å². The Hall–Kier alpha value is -1.09. The van der Waals surface area contributed by atoms with Gasteiger partial charge in [0.15, 0.2) is 11.5 Å². The average Bonchev–Trinajstić information content (AvgIpc) is 2.50. The standard InChI is InChI=1S/C9H8O2.H2S/c1-2-7-3-4-8-9(5-7)11-6-10-8;/h2-5H,1,6H2;1H2. The van der Waals surface area contributed by atoms with Crippen LogP contribution in [0.15, 0.2) is 24.8 Å². The second kappa shape index (κ2) is 3.54. The molecule has 1 aliphatic rings. The van der Waals surface area contributed by atoms with Crippen LogP contribution in [0.5, 0.6) is 11.5 Å². The van der Waals surface area contributed by atoms with E-state index in [2.05, 4.69) is 6.58 Å². The van der Waals surface area contributed by atoms with Gasteiger partial charge in [-0.2, -0.15) is 13.5 Å². The van der Waals surface area contributed by atoms with Gasteiger partial charge in [-0.25, -0.2) is 0 Å². The van der Waals surface area contributed by atoms with Crippen LogP contribution < -0.4 is 9.47 Å². The number of rotatable bonds is 1. The molecule has 0 atom stereocenters. The second-order valence-corrected chi connectivity index (χ2v) is 2.32. The number of fused-ring (bicyclic) bond motifs is 1. The third-order valence-corrected chi connectivity index (χ3v) is 1.63. The van der Waals surface area contributed by atoms with E-state index in [1.165, 1.54) is 0 Å². The lowest BCUT2D eigenvalue weighted by atomic mass is 10.2. The van der Waals surface area contributed by atoms with Crippen LogP contribution >= 0.6 is 13.5 Å². The highest BCUT2D eigenvalue weighted by Gasteiger charge is 2.11. The number of hydrogen-bond donors (Lipinski definition) is 0. The van der Waals surface area contributed by atoms with Crippen molar-refractivity contribution < 1.29 is 9.47 Å². The fraction of sp³-hybridized carbons (Fsp3) is 0.111. The van der Waals surface area contributed by atoms with E-state index in [0.717, 1.165) is 17.1 Å². The third kappa shape index (κ3) is 1.41. The van der Waals surface area contributed by atoms with E-state index in [0.29, 0.717) is 6.79 Å². The molecule has 12 heavy (non-hydrogen) atoms. The summed E-state index contributed by atoms with van der Waals surface area (Å²) >= 11 is 0. The highest BCUT2D eigenvalue weighted by Crippen LogP contribution is 2.32. The van der Waals surface area contributed by atoms with Gasteiger partial charge in [0, 0.05) is 0 Å². The molecule has 0 N–H and O–H groups in total. The van der Waals surface area contributed by atoms with Crippen molar-refractivity contribution >= 4 is 19.6 Å². The van der Waals surface area contributed by atoms with E-state index >= 15 is 0 Å². The maximum absolute atomic E-state index is 5.17. The van der Waals surface area contributed by atoms with Crippen molar-refractivity contribution in [3.63, 3.8) is 0 Å². The first-order chi connectivity index (χ1) is 5.40. The van der Waals surface area contributed by atoms with Gasteiger partial charge in [-0.3, -0.25) is 0 Å². The van der Waals surface area contributed by atoms with Gasteiger partial charge in [0.05, 0.1) is 0 Å². The van der Waals surface area contributed by atoms with E-state index in [9.17, 15) is 0 Å². The maximum atomic E-state index is 5.17. The van der Waals surface area contributed by atoms with Crippen molar-refractivity contribution in [1.29, 1.82) is 0 Å². The minimum atomic E-state index is 0. The van der Waals surface area contributed by atoms with Gasteiger partial charge in [-0.1, -0.05) is 18.7 Å². The van der Waals surface area contributed by atoms with Crippen LogP contribution in [0.25, 0.3) is 6.08 Å². The van der Waals surface area contributed by atoms with Gasteiger partial charge < -0.3 is 9.47 Å². The van der Waals surface area contributed by atoms with Gasteiger partial charge in [-0.05, 0) is 17.7 Å². The minimum Gasteiger partial charge on any atom is -0.454 e. The van der Waals surface area contributed by atoms with E-state index in [1.807, 2.05) is 18.2 Å². The van der Waals surface area contributed by atoms with E-state index in [1.54, 1.807) is 6.08 Å². The zero-order valence-electron chi connectivity index (χ0n) is 6.54. The Morgan fingerprint density at radius 2 is 2.00 bits per heavy atom. The summed E-state index contributed by atoms with van der Waals surface area (Å²) in [6, 6.07) is 5.75. The van der Waals surface area contributed by atoms with E-state index in [4.69, 9.17) is 9.47 Å². The smallest absolute Gasteiger partial charge is 0.231 e. The molecule has 2 nitrogen and oxygen atoms in total. The highest BCUT2D eigenvalue weighted by atomic mass is 32.1. The van der Waals surface area contributed by atoms with Crippen LogP contribution in [0.3, 0.4) is 0 Å². The largest absolute Gasteiger partial charge is 0.454 e. The molecule has 1 aliphatic heterocycles. The number of hydrogen-bond acceptors (Lipinski definition) is 2. The molecule has 0 amide bonds. The number of ether oxygens (including phenoxy) is 2. The highest BCUT2D eigenvalue weighted by molar-refractivity contribution is 7.59. The first-order valence-corrected chi connectivity index (χ1v) is 3.42. The van der Waals surface area contributed by atoms with Crippen LogP contribution in [0.2, 0.25) is 0 Å².